The Bertz CT molecular complexity index is 3670. The Balaban J connectivity index is 1.00. The first-order valence-electron chi connectivity index (χ1n) is 24.1. The molecule has 0 fully saturated rings. The normalized spacial score (nSPS) is 11.2. The molecule has 0 aliphatic heterocycles. The van der Waals surface area contributed by atoms with Gasteiger partial charge in [0.2, 0.25) is 0 Å². The first kappa shape index (κ1) is 43.7. The molecule has 7 aromatic carbocycles. The Kier molecular flexibility index (Phi) is 11.6. The van der Waals surface area contributed by atoms with Crippen molar-refractivity contribution in [2.24, 2.45) is 0 Å². The molecule has 0 bridgehead atoms. The van der Waals surface area contributed by atoms with E-state index in [4.69, 9.17) is 15.0 Å². The number of aromatic nitrogens is 7. The number of benzene rings is 7. The Hall–Kier alpha value is -9.59. The Morgan fingerprint density at radius 3 is 1.31 bits per heavy atom. The lowest BCUT2D eigenvalue weighted by molar-refractivity contribution is 1.06. The molecule has 7 heteroatoms. The van der Waals surface area contributed by atoms with Crippen LogP contribution in [0.2, 0.25) is 0 Å². The minimum absolute atomic E-state index is 0.809. The van der Waals surface area contributed by atoms with Crippen molar-refractivity contribution in [3.05, 3.63) is 261 Å². The average Bonchev–Trinajstić information content (AvgIpc) is 4.16. The molecular formula is C65H47N7. The van der Waals surface area contributed by atoms with Gasteiger partial charge in [0.25, 0.3) is 0 Å². The molecule has 5 heterocycles. The van der Waals surface area contributed by atoms with E-state index in [1.807, 2.05) is 55.5 Å². The second kappa shape index (κ2) is 19.1. The van der Waals surface area contributed by atoms with E-state index in [0.717, 1.165) is 112 Å². The second-order valence-electron chi connectivity index (χ2n) is 18.0. The van der Waals surface area contributed by atoms with Crippen molar-refractivity contribution in [3.8, 4) is 112 Å². The predicted molar refractivity (Wildman–Crippen MR) is 292 cm³/mol. The smallest absolute Gasteiger partial charge is 0.144 e. The average molecular weight is 926 g/mol. The molecule has 342 valence electrons. The molecule has 12 rings (SSSR count). The van der Waals surface area contributed by atoms with Crippen molar-refractivity contribution in [1.82, 2.24) is 34.1 Å². The molecule has 0 aliphatic rings. The SMILES string of the molecule is Cc1ccc(-c2ccc(-n3ccnc3-c3cc(-c4ccccc4-c4ccc(-c5ccccn5)cc4-c4ccc(-c5ccccc5)cc4)cc(-c4nccn4-c4ccc(-c5ccc(C)cn5)cc4)c3)cc2)nc1. The highest BCUT2D eigenvalue weighted by molar-refractivity contribution is 5.95. The summed E-state index contributed by atoms with van der Waals surface area (Å²) in [6, 6.07) is 73.0. The van der Waals surface area contributed by atoms with E-state index in [1.54, 1.807) is 0 Å². The first-order valence-corrected chi connectivity index (χ1v) is 24.1. The van der Waals surface area contributed by atoms with E-state index in [9.17, 15) is 0 Å². The minimum atomic E-state index is 0.809. The third-order valence-electron chi connectivity index (χ3n) is 13.2. The van der Waals surface area contributed by atoms with E-state index in [2.05, 4.69) is 227 Å². The maximum Gasteiger partial charge on any atom is 0.144 e. The lowest BCUT2D eigenvalue weighted by atomic mass is 9.87. The molecule has 0 amide bonds. The highest BCUT2D eigenvalue weighted by Gasteiger charge is 2.20. The molecule has 0 aliphatic carbocycles. The van der Waals surface area contributed by atoms with Gasteiger partial charge in [-0.25, -0.2) is 9.97 Å². The topological polar surface area (TPSA) is 74.3 Å². The number of imidazole rings is 2. The van der Waals surface area contributed by atoms with Crippen molar-refractivity contribution < 1.29 is 0 Å². The molecule has 0 unspecified atom stereocenters. The van der Waals surface area contributed by atoms with E-state index in [0.29, 0.717) is 0 Å². The van der Waals surface area contributed by atoms with Crippen LogP contribution in [0.4, 0.5) is 0 Å². The van der Waals surface area contributed by atoms with Gasteiger partial charge in [-0.15, -0.1) is 0 Å². The summed E-state index contributed by atoms with van der Waals surface area (Å²) < 4.78 is 4.30. The van der Waals surface area contributed by atoms with Crippen LogP contribution in [0.1, 0.15) is 11.1 Å². The molecule has 0 saturated carbocycles. The van der Waals surface area contributed by atoms with Crippen LogP contribution in [0.25, 0.3) is 112 Å². The van der Waals surface area contributed by atoms with Crippen molar-refractivity contribution >= 4 is 0 Å². The summed E-state index contributed by atoms with van der Waals surface area (Å²) in [4.78, 5) is 24.2. The van der Waals surface area contributed by atoms with Gasteiger partial charge in [0.05, 0.1) is 17.1 Å². The molecule has 0 radical (unpaired) electrons. The minimum Gasteiger partial charge on any atom is -0.300 e. The van der Waals surface area contributed by atoms with Crippen LogP contribution in [0.5, 0.6) is 0 Å². The second-order valence-corrected chi connectivity index (χ2v) is 18.0. The van der Waals surface area contributed by atoms with E-state index < -0.39 is 0 Å². The third-order valence-corrected chi connectivity index (χ3v) is 13.2. The summed E-state index contributed by atoms with van der Waals surface area (Å²) in [7, 11) is 0. The van der Waals surface area contributed by atoms with Gasteiger partial charge in [0, 0.05) is 82.6 Å². The van der Waals surface area contributed by atoms with Gasteiger partial charge in [0.1, 0.15) is 11.6 Å². The predicted octanol–water partition coefficient (Wildman–Crippen LogP) is 15.9. The van der Waals surface area contributed by atoms with E-state index in [-0.39, 0.29) is 0 Å². The maximum atomic E-state index is 5.05. The summed E-state index contributed by atoms with van der Waals surface area (Å²) in [6.07, 6.45) is 13.5. The van der Waals surface area contributed by atoms with Crippen LogP contribution >= 0.6 is 0 Å². The molecule has 5 aromatic heterocycles. The van der Waals surface area contributed by atoms with Crippen LogP contribution in [0.3, 0.4) is 0 Å². The molecule has 12 aromatic rings. The molecule has 0 N–H and O–H groups in total. The maximum absolute atomic E-state index is 5.05. The number of rotatable bonds is 11. The van der Waals surface area contributed by atoms with Crippen LogP contribution in [0.15, 0.2) is 250 Å². The first-order chi connectivity index (χ1) is 35.5. The molecule has 72 heavy (non-hydrogen) atoms. The zero-order valence-electron chi connectivity index (χ0n) is 39.8. The van der Waals surface area contributed by atoms with Gasteiger partial charge >= 0.3 is 0 Å². The lowest BCUT2D eigenvalue weighted by Gasteiger charge is -2.18. The highest BCUT2D eigenvalue weighted by atomic mass is 15.1. The monoisotopic (exact) mass is 925 g/mol. The van der Waals surface area contributed by atoms with Gasteiger partial charge in [-0.3, -0.25) is 24.1 Å². The van der Waals surface area contributed by atoms with Crippen LogP contribution in [-0.4, -0.2) is 34.1 Å². The zero-order valence-corrected chi connectivity index (χ0v) is 39.8. The van der Waals surface area contributed by atoms with Crippen molar-refractivity contribution in [2.45, 2.75) is 13.8 Å². The number of aryl methyl sites for hydroxylation is 2. The molecule has 0 atom stereocenters. The van der Waals surface area contributed by atoms with Crippen LogP contribution in [0, 0.1) is 13.8 Å². The fourth-order valence-corrected chi connectivity index (χ4v) is 9.51. The Labute approximate surface area is 419 Å². The van der Waals surface area contributed by atoms with E-state index >= 15 is 0 Å². The van der Waals surface area contributed by atoms with Gasteiger partial charge in [-0.2, -0.15) is 0 Å². The Morgan fingerprint density at radius 1 is 0.278 bits per heavy atom. The van der Waals surface area contributed by atoms with Crippen molar-refractivity contribution in [3.63, 3.8) is 0 Å². The molecule has 0 saturated heterocycles. The van der Waals surface area contributed by atoms with E-state index in [1.165, 1.54) is 11.1 Å². The fourth-order valence-electron chi connectivity index (χ4n) is 9.51. The standard InChI is InChI=1S/C65H47N7/c1-44-15-31-62(69-42-44)49-21-26-55(27-22-49)71-36-34-67-64(71)53-38-52(39-54(40-53)65-68-35-37-72(65)56-28-23-50(24-29-56)63-32-16-45(2)43-70-63)57-12-6-7-13-58(57)59-30-25-51(61-14-8-9-33-66-61)41-60(59)48-19-17-47(18-20-48)46-10-4-3-5-11-46/h3-43H,1-2H3. The van der Waals surface area contributed by atoms with Crippen molar-refractivity contribution in [1.29, 1.82) is 0 Å². The van der Waals surface area contributed by atoms with Crippen molar-refractivity contribution in [2.75, 3.05) is 0 Å². The largest absolute Gasteiger partial charge is 0.300 e. The zero-order chi connectivity index (χ0) is 48.4. The fraction of sp³-hybridized carbons (Fsp3) is 0.0308. The summed E-state index contributed by atoms with van der Waals surface area (Å²) in [6.45, 7) is 4.11. The highest BCUT2D eigenvalue weighted by Crippen LogP contribution is 2.43. The number of pyridine rings is 3. The number of nitrogens with zero attached hydrogens (tertiary/aromatic N) is 7. The molecule has 0 spiro atoms. The third kappa shape index (κ3) is 8.72. The van der Waals surface area contributed by atoms with Gasteiger partial charge in [0.15, 0.2) is 0 Å². The van der Waals surface area contributed by atoms with Gasteiger partial charge < -0.3 is 0 Å². The quantitative estimate of drug-likeness (QED) is 0.129. The van der Waals surface area contributed by atoms with Crippen LogP contribution in [-0.2, 0) is 0 Å². The summed E-state index contributed by atoms with van der Waals surface area (Å²) in [5, 5.41) is 0. The number of hydrogen-bond donors (Lipinski definition) is 0. The lowest BCUT2D eigenvalue weighted by Crippen LogP contribution is -2.00. The van der Waals surface area contributed by atoms with Crippen LogP contribution < -0.4 is 0 Å². The molecular weight excluding hydrogens is 879 g/mol. The number of hydrogen-bond acceptors (Lipinski definition) is 5. The summed E-state index contributed by atoms with van der Waals surface area (Å²) in [5.74, 6) is 1.62. The van der Waals surface area contributed by atoms with Gasteiger partial charge in [-0.1, -0.05) is 133 Å². The summed E-state index contributed by atoms with van der Waals surface area (Å²) in [5.41, 5.74) is 21.0. The Morgan fingerprint density at radius 2 is 0.750 bits per heavy atom. The summed E-state index contributed by atoms with van der Waals surface area (Å²) >= 11 is 0. The van der Waals surface area contributed by atoms with Gasteiger partial charge in [-0.05, 0) is 142 Å². The molecule has 7 nitrogen and oxygen atoms in total.